The molecule has 1 atom stereocenters. The fourth-order valence-corrected chi connectivity index (χ4v) is 8.63. The summed E-state index contributed by atoms with van der Waals surface area (Å²) in [6.45, 7) is 5.01. The minimum atomic E-state index is -1.11. The summed E-state index contributed by atoms with van der Waals surface area (Å²) in [4.78, 5) is 74.9. The van der Waals surface area contributed by atoms with Crippen LogP contribution in [-0.2, 0) is 9.59 Å². The molecular weight excluding hydrogens is 769 g/mol. The molecule has 300 valence electrons. The zero-order valence-electron chi connectivity index (χ0n) is 31.7. The number of rotatable bonds is 8. The lowest BCUT2D eigenvalue weighted by atomic mass is 9.95. The molecule has 8 rings (SSSR count). The van der Waals surface area contributed by atoms with Crippen molar-refractivity contribution < 1.29 is 33.1 Å². The number of halogens is 2. The van der Waals surface area contributed by atoms with Crippen LogP contribution in [0.3, 0.4) is 0 Å². The first kappa shape index (κ1) is 39.1. The van der Waals surface area contributed by atoms with Crippen molar-refractivity contribution >= 4 is 58.4 Å². The SMILES string of the molecule is N#Cc1ccc(OC2CCC(=NC(=O)c3ccc(N4CCC(CN5CCN(c6cc7c(cc6F)C(=O)N(C6CCC(=O)NC6=O)C7=O)CC5)CC4)nn3)CC2)cc1Cl. The molecular formula is C41H41ClFN9O6. The van der Waals surface area contributed by atoms with Gasteiger partial charge in [-0.2, -0.15) is 5.26 Å². The van der Waals surface area contributed by atoms with E-state index in [1.54, 1.807) is 24.3 Å². The first-order valence-corrected chi connectivity index (χ1v) is 20.0. The number of imide groups is 2. The second kappa shape index (κ2) is 16.6. The van der Waals surface area contributed by atoms with Crippen LogP contribution in [0.25, 0.3) is 0 Å². The molecule has 5 amide bonds. The van der Waals surface area contributed by atoms with Crippen LogP contribution in [0.4, 0.5) is 15.9 Å². The van der Waals surface area contributed by atoms with Crippen molar-refractivity contribution in [2.24, 2.45) is 10.9 Å². The molecule has 17 heteroatoms. The predicted molar refractivity (Wildman–Crippen MR) is 210 cm³/mol. The minimum absolute atomic E-state index is 0.0113. The Bertz CT molecular complexity index is 2220. The Morgan fingerprint density at radius 3 is 2.26 bits per heavy atom. The van der Waals surface area contributed by atoms with Crippen LogP contribution in [-0.4, -0.2) is 113 Å². The smallest absolute Gasteiger partial charge is 0.297 e. The highest BCUT2D eigenvalue weighted by Crippen LogP contribution is 2.34. The van der Waals surface area contributed by atoms with E-state index >= 15 is 4.39 Å². The highest BCUT2D eigenvalue weighted by molar-refractivity contribution is 6.31. The summed E-state index contributed by atoms with van der Waals surface area (Å²) in [6, 6.07) is 11.9. The summed E-state index contributed by atoms with van der Waals surface area (Å²) in [5.74, 6) is -1.77. The number of benzene rings is 2. The summed E-state index contributed by atoms with van der Waals surface area (Å²) in [6.07, 6.45) is 4.60. The molecule has 0 spiro atoms. The van der Waals surface area contributed by atoms with E-state index in [0.717, 1.165) is 49.2 Å². The molecule has 5 heterocycles. The molecule has 1 unspecified atom stereocenters. The third-order valence-electron chi connectivity index (χ3n) is 11.7. The summed E-state index contributed by atoms with van der Waals surface area (Å²) >= 11 is 6.13. The second-order valence-corrected chi connectivity index (χ2v) is 15.8. The van der Waals surface area contributed by atoms with Gasteiger partial charge in [-0.15, -0.1) is 10.2 Å². The molecule has 4 fully saturated rings. The quantitative estimate of drug-likeness (QED) is 0.321. The number of carbonyl (C=O) groups is 5. The summed E-state index contributed by atoms with van der Waals surface area (Å²) < 4.78 is 21.5. The maximum absolute atomic E-state index is 15.4. The Balaban J connectivity index is 0.777. The third kappa shape index (κ3) is 8.14. The maximum Gasteiger partial charge on any atom is 0.297 e. The highest BCUT2D eigenvalue weighted by Gasteiger charge is 2.45. The Labute approximate surface area is 338 Å². The van der Waals surface area contributed by atoms with Gasteiger partial charge in [-0.3, -0.25) is 39.1 Å². The summed E-state index contributed by atoms with van der Waals surface area (Å²) in [7, 11) is 0. The Hall–Kier alpha value is -5.79. The number of aromatic nitrogens is 2. The topological polar surface area (TPSA) is 181 Å². The summed E-state index contributed by atoms with van der Waals surface area (Å²) in [5, 5.41) is 20.2. The molecule has 3 saturated heterocycles. The number of hydrogen-bond acceptors (Lipinski definition) is 12. The van der Waals surface area contributed by atoms with Gasteiger partial charge in [0.15, 0.2) is 11.5 Å². The van der Waals surface area contributed by atoms with Gasteiger partial charge in [0.2, 0.25) is 11.8 Å². The van der Waals surface area contributed by atoms with E-state index in [0.29, 0.717) is 79.9 Å². The van der Waals surface area contributed by atoms with Crippen LogP contribution in [0.15, 0.2) is 47.5 Å². The number of ether oxygens (including phenoxy) is 1. The van der Waals surface area contributed by atoms with Gasteiger partial charge in [0.25, 0.3) is 17.7 Å². The monoisotopic (exact) mass is 809 g/mol. The van der Waals surface area contributed by atoms with Gasteiger partial charge in [-0.05, 0) is 87.3 Å². The average molecular weight is 810 g/mol. The standard InChI is InChI=1S/C41H41ClFN9O6/c42-31-19-28(4-1-25(31)22-44)58-27-5-2-26(3-6-27)45-38(54)33-7-9-36(48-47-33)51-13-11-24(12-14-51)23-49-15-17-50(18-16-49)35-21-30-29(20-32(35)43)40(56)52(41(30)57)34-8-10-37(53)46-39(34)55/h1,4,7,9,19-21,24,27,34H,2-3,5-6,8,10-18,23H2,(H,46,53,55). The van der Waals surface area contributed by atoms with Crippen LogP contribution >= 0.6 is 11.6 Å². The number of nitrogens with zero attached hydrogens (tertiary/aromatic N) is 8. The van der Waals surface area contributed by atoms with Crippen LogP contribution in [0, 0.1) is 23.1 Å². The van der Waals surface area contributed by atoms with Gasteiger partial charge in [-0.1, -0.05) is 11.6 Å². The number of nitrogens with one attached hydrogen (secondary N) is 1. The van der Waals surface area contributed by atoms with Crippen molar-refractivity contribution in [3.05, 3.63) is 75.7 Å². The van der Waals surface area contributed by atoms with E-state index in [2.05, 4.69) is 30.3 Å². The second-order valence-electron chi connectivity index (χ2n) is 15.3. The molecule has 0 radical (unpaired) electrons. The third-order valence-corrected chi connectivity index (χ3v) is 12.0. The van der Waals surface area contributed by atoms with E-state index in [1.165, 1.54) is 6.07 Å². The van der Waals surface area contributed by atoms with Gasteiger partial charge in [0.05, 0.1) is 33.5 Å². The van der Waals surface area contributed by atoms with E-state index < -0.39 is 41.4 Å². The van der Waals surface area contributed by atoms with Gasteiger partial charge in [-0.25, -0.2) is 9.38 Å². The number of anilines is 2. The molecule has 1 saturated carbocycles. The van der Waals surface area contributed by atoms with E-state index in [-0.39, 0.29) is 41.5 Å². The van der Waals surface area contributed by atoms with Crippen LogP contribution in [0.2, 0.25) is 5.02 Å². The number of piperidine rings is 2. The number of amides is 5. The Morgan fingerprint density at radius 1 is 0.879 bits per heavy atom. The molecule has 15 nitrogen and oxygen atoms in total. The number of nitriles is 1. The van der Waals surface area contributed by atoms with E-state index in [9.17, 15) is 24.0 Å². The molecule has 58 heavy (non-hydrogen) atoms. The first-order valence-electron chi connectivity index (χ1n) is 19.6. The van der Waals surface area contributed by atoms with Crippen molar-refractivity contribution in [2.45, 2.75) is 63.5 Å². The van der Waals surface area contributed by atoms with Crippen molar-refractivity contribution in [1.82, 2.24) is 25.3 Å². The fraction of sp³-hybridized carbons (Fsp3) is 0.439. The molecule has 1 N–H and O–H groups in total. The Morgan fingerprint density at radius 2 is 1.60 bits per heavy atom. The predicted octanol–water partition coefficient (Wildman–Crippen LogP) is 4.18. The van der Waals surface area contributed by atoms with Crippen LogP contribution < -0.4 is 19.9 Å². The molecule has 5 aliphatic rings. The summed E-state index contributed by atoms with van der Waals surface area (Å²) in [5.41, 5.74) is 1.64. The van der Waals surface area contributed by atoms with Crippen LogP contribution in [0.1, 0.15) is 88.1 Å². The van der Waals surface area contributed by atoms with Gasteiger partial charge >= 0.3 is 0 Å². The highest BCUT2D eigenvalue weighted by atomic mass is 35.5. The molecule has 0 bridgehead atoms. The fourth-order valence-electron chi connectivity index (χ4n) is 8.42. The molecule has 1 aliphatic carbocycles. The van der Waals surface area contributed by atoms with Gasteiger partial charge in [0.1, 0.15) is 23.7 Å². The van der Waals surface area contributed by atoms with Crippen molar-refractivity contribution in [3.63, 3.8) is 0 Å². The van der Waals surface area contributed by atoms with Crippen molar-refractivity contribution in [1.29, 1.82) is 5.26 Å². The van der Waals surface area contributed by atoms with Crippen molar-refractivity contribution in [3.8, 4) is 11.8 Å². The zero-order chi connectivity index (χ0) is 40.5. The minimum Gasteiger partial charge on any atom is -0.490 e. The average Bonchev–Trinajstić information content (AvgIpc) is 3.46. The first-order chi connectivity index (χ1) is 28.0. The van der Waals surface area contributed by atoms with Crippen molar-refractivity contribution in [2.75, 3.05) is 55.6 Å². The normalized spacial score (nSPS) is 21.8. The number of hydrogen-bond donors (Lipinski definition) is 1. The number of fused-ring (bicyclic) bond motifs is 1. The van der Waals surface area contributed by atoms with E-state index in [4.69, 9.17) is 21.6 Å². The molecule has 3 aromatic rings. The molecule has 2 aromatic carbocycles. The number of carbonyl (C=O) groups excluding carboxylic acids is 5. The number of aliphatic imine (C=N–C) groups is 1. The lowest BCUT2D eigenvalue weighted by molar-refractivity contribution is -0.136. The lowest BCUT2D eigenvalue weighted by Gasteiger charge is -2.39. The molecule has 1 aromatic heterocycles. The maximum atomic E-state index is 15.4. The largest absolute Gasteiger partial charge is 0.490 e. The van der Waals surface area contributed by atoms with Gasteiger partial charge < -0.3 is 14.5 Å². The number of piperazine rings is 1. The molecule has 4 aliphatic heterocycles. The Kier molecular flexibility index (Phi) is 11.2. The van der Waals surface area contributed by atoms with Gasteiger partial charge in [0, 0.05) is 64.0 Å². The zero-order valence-corrected chi connectivity index (χ0v) is 32.4. The van der Waals surface area contributed by atoms with Crippen LogP contribution in [0.5, 0.6) is 5.75 Å². The lowest BCUT2D eigenvalue weighted by Crippen LogP contribution is -2.54. The van der Waals surface area contributed by atoms with E-state index in [1.807, 2.05) is 17.0 Å².